The minimum absolute atomic E-state index is 0.0420. The summed E-state index contributed by atoms with van der Waals surface area (Å²) < 4.78 is 33.8. The first-order valence-electron chi connectivity index (χ1n) is 13.9. The van der Waals surface area contributed by atoms with Crippen LogP contribution in [0.25, 0.3) is 21.9 Å². The van der Waals surface area contributed by atoms with Gasteiger partial charge in [-0.05, 0) is 81.3 Å². The zero-order valence-corrected chi connectivity index (χ0v) is 22.9. The summed E-state index contributed by atoms with van der Waals surface area (Å²) in [6, 6.07) is 7.96. The highest BCUT2D eigenvalue weighted by molar-refractivity contribution is 7.91. The van der Waals surface area contributed by atoms with Gasteiger partial charge < -0.3 is 20.1 Å². The van der Waals surface area contributed by atoms with Crippen molar-refractivity contribution in [3.8, 4) is 5.75 Å². The van der Waals surface area contributed by atoms with Crippen molar-refractivity contribution in [3.63, 3.8) is 0 Å². The van der Waals surface area contributed by atoms with Crippen LogP contribution in [0.4, 0.5) is 0 Å². The summed E-state index contributed by atoms with van der Waals surface area (Å²) in [5.41, 5.74) is 1.79. The molecule has 1 saturated heterocycles. The Morgan fingerprint density at radius 1 is 1.05 bits per heavy atom. The summed E-state index contributed by atoms with van der Waals surface area (Å²) in [5.74, 6) is -0.488. The van der Waals surface area contributed by atoms with Gasteiger partial charge in [0.15, 0.2) is 9.84 Å². The normalized spacial score (nSPS) is 22.8. The van der Waals surface area contributed by atoms with Crippen LogP contribution in [-0.2, 0) is 9.84 Å². The van der Waals surface area contributed by atoms with Crippen LogP contribution < -0.4 is 10.1 Å². The Bertz CT molecular complexity index is 1610. The number of nitrogens with zero attached hydrogens (tertiary/aromatic N) is 3. The first kappa shape index (κ1) is 26.6. The minimum Gasteiger partial charge on any atom is -0.478 e. The Morgan fingerprint density at radius 3 is 2.58 bits per heavy atom. The van der Waals surface area contributed by atoms with E-state index < -0.39 is 21.2 Å². The third kappa shape index (κ3) is 5.40. The average molecular weight is 564 g/mol. The molecule has 40 heavy (non-hydrogen) atoms. The Morgan fingerprint density at radius 2 is 1.85 bits per heavy atom. The lowest BCUT2D eigenvalue weighted by Crippen LogP contribution is -2.45. The molecule has 210 valence electrons. The number of benzene rings is 1. The number of fused-ring (bicyclic) bond motifs is 3. The molecule has 2 atom stereocenters. The van der Waals surface area contributed by atoms with Gasteiger partial charge in [-0.3, -0.25) is 0 Å². The molecule has 0 spiro atoms. The van der Waals surface area contributed by atoms with Crippen LogP contribution in [0.2, 0.25) is 0 Å². The average Bonchev–Trinajstić information content (AvgIpc) is 3.46. The zero-order valence-electron chi connectivity index (χ0n) is 22.1. The number of pyridine rings is 1. The van der Waals surface area contributed by atoms with Gasteiger partial charge in [-0.2, -0.15) is 0 Å². The minimum atomic E-state index is -3.60. The molecule has 3 aromatic heterocycles. The first-order valence-corrected chi connectivity index (χ1v) is 15.6. The Labute approximate surface area is 232 Å². The quantitative estimate of drug-likeness (QED) is 0.285. The number of ether oxygens (including phenoxy) is 1. The second kappa shape index (κ2) is 11.1. The number of aromatic nitrogens is 4. The maximum Gasteiger partial charge on any atom is 0.335 e. The van der Waals surface area contributed by atoms with E-state index in [1.165, 1.54) is 24.3 Å². The molecule has 2 fully saturated rings. The monoisotopic (exact) mass is 563 g/mol. The van der Waals surface area contributed by atoms with Crippen LogP contribution in [0.15, 0.2) is 49.1 Å². The van der Waals surface area contributed by atoms with E-state index in [4.69, 9.17) is 4.74 Å². The number of piperidine rings is 1. The molecule has 0 radical (unpaired) electrons. The van der Waals surface area contributed by atoms with Crippen LogP contribution >= 0.6 is 0 Å². The molecule has 4 heterocycles. The molecule has 6 rings (SSSR count). The number of hydrogen-bond donors (Lipinski definition) is 3. The molecular formula is C29H33N5O5S. The number of carboxylic acids is 1. The summed E-state index contributed by atoms with van der Waals surface area (Å²) in [7, 11) is -3.60. The van der Waals surface area contributed by atoms with Gasteiger partial charge in [-0.1, -0.05) is 0 Å². The van der Waals surface area contributed by atoms with E-state index in [2.05, 4.69) is 25.3 Å². The smallest absolute Gasteiger partial charge is 0.335 e. The molecule has 2 aliphatic rings. The van der Waals surface area contributed by atoms with Gasteiger partial charge in [0, 0.05) is 35.3 Å². The highest BCUT2D eigenvalue weighted by atomic mass is 32.2. The van der Waals surface area contributed by atoms with Crippen molar-refractivity contribution in [2.75, 3.05) is 18.8 Å². The van der Waals surface area contributed by atoms with E-state index >= 15 is 0 Å². The van der Waals surface area contributed by atoms with Gasteiger partial charge >= 0.3 is 5.97 Å². The predicted molar refractivity (Wildman–Crippen MR) is 151 cm³/mol. The van der Waals surface area contributed by atoms with E-state index in [-0.39, 0.29) is 29.1 Å². The fraction of sp³-hybridized carbons (Fsp3) is 0.448. The third-order valence-electron chi connectivity index (χ3n) is 8.35. The van der Waals surface area contributed by atoms with Crippen molar-refractivity contribution in [1.82, 2.24) is 25.3 Å². The standard InChI is InChI=1S/C29H33N5O5S/c35-28(36)20-7-9-22(10-8-20)39-29(21-2-1-12-30-14-21)40(37,38)16-18-3-5-19(6-4-18)26-25-23-11-13-31-27(23)32-15-24(25)33-17-34-26/h7-11,13,15,17-19,21,29-30H,1-6,12,14,16H2,(H,31,32)(H,35,36). The summed E-state index contributed by atoms with van der Waals surface area (Å²) in [4.78, 5) is 27.9. The van der Waals surface area contributed by atoms with Crippen molar-refractivity contribution >= 4 is 37.7 Å². The van der Waals surface area contributed by atoms with Gasteiger partial charge in [0.25, 0.3) is 0 Å². The van der Waals surface area contributed by atoms with Crippen LogP contribution in [0.5, 0.6) is 5.75 Å². The Kier molecular flexibility index (Phi) is 7.41. The lowest BCUT2D eigenvalue weighted by atomic mass is 9.80. The number of aromatic carboxylic acids is 1. The molecule has 11 heteroatoms. The van der Waals surface area contributed by atoms with Gasteiger partial charge in [0.1, 0.15) is 17.7 Å². The molecule has 1 aromatic carbocycles. The maximum atomic E-state index is 13.8. The van der Waals surface area contributed by atoms with Crippen LogP contribution in [0, 0.1) is 11.8 Å². The number of hydrogen-bond acceptors (Lipinski definition) is 8. The molecule has 4 aromatic rings. The van der Waals surface area contributed by atoms with E-state index in [1.807, 2.05) is 12.3 Å². The van der Waals surface area contributed by atoms with Gasteiger partial charge in [0.05, 0.1) is 28.7 Å². The predicted octanol–water partition coefficient (Wildman–Crippen LogP) is 4.30. The van der Waals surface area contributed by atoms with Crippen molar-refractivity contribution in [2.45, 2.75) is 49.9 Å². The van der Waals surface area contributed by atoms with Crippen molar-refractivity contribution in [2.24, 2.45) is 11.8 Å². The van der Waals surface area contributed by atoms with Crippen LogP contribution in [0.1, 0.15) is 60.5 Å². The molecule has 1 saturated carbocycles. The lowest BCUT2D eigenvalue weighted by molar-refractivity contribution is 0.0696. The molecule has 1 aliphatic carbocycles. The zero-order chi connectivity index (χ0) is 27.7. The molecule has 1 aliphatic heterocycles. The number of carbonyl (C=O) groups is 1. The SMILES string of the molecule is O=C(O)c1ccc(OC(C2CCCNC2)S(=O)(=O)CC2CCC(c3ncnc4cnc5[nH]ccc5c34)CC2)cc1. The number of H-pyrrole nitrogens is 1. The number of nitrogens with one attached hydrogen (secondary N) is 2. The van der Waals surface area contributed by atoms with Gasteiger partial charge in [0.2, 0.25) is 5.44 Å². The first-order chi connectivity index (χ1) is 19.4. The van der Waals surface area contributed by atoms with Crippen molar-refractivity contribution in [1.29, 1.82) is 0 Å². The van der Waals surface area contributed by atoms with Crippen molar-refractivity contribution < 1.29 is 23.1 Å². The second-order valence-corrected chi connectivity index (χ2v) is 13.1. The van der Waals surface area contributed by atoms with E-state index in [0.717, 1.165) is 72.7 Å². The second-order valence-electron chi connectivity index (χ2n) is 11.0. The molecule has 10 nitrogen and oxygen atoms in total. The van der Waals surface area contributed by atoms with E-state index in [1.54, 1.807) is 12.5 Å². The van der Waals surface area contributed by atoms with E-state index in [9.17, 15) is 18.3 Å². The third-order valence-corrected chi connectivity index (χ3v) is 10.5. The molecular weight excluding hydrogens is 530 g/mol. The topological polar surface area (TPSA) is 147 Å². The highest BCUT2D eigenvalue weighted by Gasteiger charge is 2.39. The summed E-state index contributed by atoms with van der Waals surface area (Å²) in [6.45, 7) is 1.44. The maximum absolute atomic E-state index is 13.8. The number of aromatic amines is 1. The molecule has 0 amide bonds. The number of carboxylic acid groups (broad SMARTS) is 1. The Balaban J connectivity index is 1.18. The number of sulfone groups is 1. The van der Waals surface area contributed by atoms with Crippen molar-refractivity contribution in [3.05, 3.63) is 60.3 Å². The summed E-state index contributed by atoms with van der Waals surface area (Å²) >= 11 is 0. The molecule has 3 N–H and O–H groups in total. The highest BCUT2D eigenvalue weighted by Crippen LogP contribution is 2.40. The largest absolute Gasteiger partial charge is 0.478 e. The van der Waals surface area contributed by atoms with Crippen LogP contribution in [-0.4, -0.2) is 63.7 Å². The Hall–Kier alpha value is -3.57. The number of rotatable bonds is 8. The van der Waals surface area contributed by atoms with Crippen LogP contribution in [0.3, 0.4) is 0 Å². The fourth-order valence-corrected chi connectivity index (χ4v) is 8.56. The lowest BCUT2D eigenvalue weighted by Gasteiger charge is -2.33. The van der Waals surface area contributed by atoms with Gasteiger partial charge in [-0.25, -0.2) is 28.2 Å². The summed E-state index contributed by atoms with van der Waals surface area (Å²) in [5, 5.41) is 14.5. The summed E-state index contributed by atoms with van der Waals surface area (Å²) in [6.07, 6.45) is 10.2. The molecule has 0 bridgehead atoms. The van der Waals surface area contributed by atoms with Gasteiger partial charge in [-0.15, -0.1) is 0 Å². The molecule has 2 unspecified atom stereocenters. The van der Waals surface area contributed by atoms with E-state index in [0.29, 0.717) is 12.3 Å². The fourth-order valence-electron chi connectivity index (χ4n) is 6.30.